The highest BCUT2D eigenvalue weighted by Crippen LogP contribution is 2.62. The van der Waals surface area contributed by atoms with Gasteiger partial charge in [-0.25, -0.2) is 0 Å². The minimum absolute atomic E-state index is 0.0275. The fraction of sp³-hybridized carbons (Fsp3) is 1.00. The fourth-order valence-electron chi connectivity index (χ4n) is 4.39. The molecule has 4 rings (SSSR count). The summed E-state index contributed by atoms with van der Waals surface area (Å²) in [7, 11) is -3.43. The van der Waals surface area contributed by atoms with Crippen molar-refractivity contribution >= 4 is 10.1 Å². The number of fused-ring (bicyclic) bond motifs is 1. The first-order chi connectivity index (χ1) is 7.33. The standard InChI is InChI=1S/C11H18O4S/c1-16(13,14)15-11-5-4-10(12)6-8(7-11)2-3-9(10)11/h8-9,12H,2-7H2,1H3/t8-,9+,10+,11+/m1/s1. The average Bonchev–Trinajstić information content (AvgIpc) is 2.31. The summed E-state index contributed by atoms with van der Waals surface area (Å²) in [4.78, 5) is 0. The molecular formula is C11H18O4S. The summed E-state index contributed by atoms with van der Waals surface area (Å²) in [6.07, 6.45) is 6.18. The molecule has 16 heavy (non-hydrogen) atoms. The highest BCUT2D eigenvalue weighted by atomic mass is 32.2. The molecule has 92 valence electrons. The fourth-order valence-corrected chi connectivity index (χ4v) is 5.26. The Morgan fingerprint density at radius 1 is 1.25 bits per heavy atom. The van der Waals surface area contributed by atoms with Gasteiger partial charge >= 0.3 is 0 Å². The van der Waals surface area contributed by atoms with E-state index in [9.17, 15) is 13.5 Å². The van der Waals surface area contributed by atoms with Crippen molar-refractivity contribution in [2.75, 3.05) is 6.26 Å². The first-order valence-electron chi connectivity index (χ1n) is 5.96. The van der Waals surface area contributed by atoms with E-state index in [1.807, 2.05) is 0 Å². The maximum atomic E-state index is 11.4. The molecule has 4 aliphatic carbocycles. The number of hydrogen-bond donors (Lipinski definition) is 1. The van der Waals surface area contributed by atoms with Crippen LogP contribution in [0.5, 0.6) is 0 Å². The zero-order valence-electron chi connectivity index (χ0n) is 9.48. The molecule has 0 aromatic carbocycles. The van der Waals surface area contributed by atoms with Gasteiger partial charge in [-0.15, -0.1) is 0 Å². The summed E-state index contributed by atoms with van der Waals surface area (Å²) in [5, 5.41) is 10.5. The molecule has 0 aliphatic heterocycles. The third-order valence-electron chi connectivity index (χ3n) is 4.72. The maximum absolute atomic E-state index is 11.4. The van der Waals surface area contributed by atoms with E-state index >= 15 is 0 Å². The van der Waals surface area contributed by atoms with Crippen molar-refractivity contribution in [1.29, 1.82) is 0 Å². The van der Waals surface area contributed by atoms with Gasteiger partial charge in [0, 0.05) is 5.92 Å². The van der Waals surface area contributed by atoms with Gasteiger partial charge in [-0.2, -0.15) is 8.42 Å². The third kappa shape index (κ3) is 1.45. The molecular weight excluding hydrogens is 228 g/mol. The first-order valence-corrected chi connectivity index (χ1v) is 7.78. The summed E-state index contributed by atoms with van der Waals surface area (Å²) in [6, 6.07) is 0. The molecule has 0 radical (unpaired) electrons. The minimum atomic E-state index is -3.43. The van der Waals surface area contributed by atoms with Gasteiger partial charge in [-0.05, 0) is 44.4 Å². The first kappa shape index (κ1) is 11.0. The predicted molar refractivity (Wildman–Crippen MR) is 58.3 cm³/mol. The molecule has 4 nitrogen and oxygen atoms in total. The minimum Gasteiger partial charge on any atom is -0.389 e. The molecule has 4 bridgehead atoms. The van der Waals surface area contributed by atoms with Gasteiger partial charge in [-0.3, -0.25) is 4.18 Å². The van der Waals surface area contributed by atoms with E-state index in [0.29, 0.717) is 18.8 Å². The smallest absolute Gasteiger partial charge is 0.264 e. The van der Waals surface area contributed by atoms with Crippen LogP contribution in [0, 0.1) is 11.8 Å². The van der Waals surface area contributed by atoms with E-state index in [0.717, 1.165) is 31.9 Å². The van der Waals surface area contributed by atoms with Crippen LogP contribution in [-0.4, -0.2) is 31.0 Å². The van der Waals surface area contributed by atoms with Crippen molar-refractivity contribution in [2.45, 2.75) is 49.7 Å². The van der Waals surface area contributed by atoms with Gasteiger partial charge < -0.3 is 5.11 Å². The lowest BCUT2D eigenvalue weighted by atomic mass is 9.60. The van der Waals surface area contributed by atoms with E-state index in [2.05, 4.69) is 0 Å². The zero-order valence-corrected chi connectivity index (χ0v) is 10.3. The van der Waals surface area contributed by atoms with Crippen molar-refractivity contribution in [3.63, 3.8) is 0 Å². The van der Waals surface area contributed by atoms with Crippen molar-refractivity contribution < 1.29 is 17.7 Å². The van der Waals surface area contributed by atoms with Crippen LogP contribution in [0.3, 0.4) is 0 Å². The average molecular weight is 246 g/mol. The lowest BCUT2D eigenvalue weighted by Gasteiger charge is -2.52. The molecule has 0 unspecified atom stereocenters. The summed E-state index contributed by atoms with van der Waals surface area (Å²) in [5.74, 6) is 0.471. The van der Waals surface area contributed by atoms with Crippen LogP contribution in [0.25, 0.3) is 0 Å². The quantitative estimate of drug-likeness (QED) is 0.740. The Labute approximate surface area is 96.1 Å². The Hall–Kier alpha value is -0.130. The Morgan fingerprint density at radius 3 is 2.62 bits per heavy atom. The molecule has 4 atom stereocenters. The van der Waals surface area contributed by atoms with Crippen LogP contribution >= 0.6 is 0 Å². The van der Waals surface area contributed by atoms with Crippen LogP contribution in [0.4, 0.5) is 0 Å². The molecule has 0 saturated heterocycles. The van der Waals surface area contributed by atoms with Crippen molar-refractivity contribution in [2.24, 2.45) is 11.8 Å². The molecule has 5 heteroatoms. The summed E-state index contributed by atoms with van der Waals surface area (Å²) in [6.45, 7) is 0. The largest absolute Gasteiger partial charge is 0.389 e. The van der Waals surface area contributed by atoms with Crippen LogP contribution < -0.4 is 0 Å². The highest BCUT2D eigenvalue weighted by Gasteiger charge is 2.65. The van der Waals surface area contributed by atoms with Crippen molar-refractivity contribution in [3.05, 3.63) is 0 Å². The monoisotopic (exact) mass is 246 g/mol. The van der Waals surface area contributed by atoms with E-state index < -0.39 is 21.3 Å². The lowest BCUT2D eigenvalue weighted by Crippen LogP contribution is -2.56. The molecule has 0 amide bonds. The zero-order chi connectivity index (χ0) is 11.6. The normalized spacial score (nSPS) is 50.9. The Balaban J connectivity index is 1.98. The van der Waals surface area contributed by atoms with Crippen LogP contribution in [0.1, 0.15) is 38.5 Å². The maximum Gasteiger partial charge on any atom is 0.264 e. The van der Waals surface area contributed by atoms with Crippen molar-refractivity contribution in [3.8, 4) is 0 Å². The molecule has 0 heterocycles. The molecule has 0 aromatic heterocycles. The van der Waals surface area contributed by atoms with E-state index in [1.165, 1.54) is 0 Å². The van der Waals surface area contributed by atoms with Gasteiger partial charge in [0.05, 0.1) is 17.5 Å². The third-order valence-corrected chi connectivity index (χ3v) is 5.36. The van der Waals surface area contributed by atoms with E-state index in [-0.39, 0.29) is 5.92 Å². The van der Waals surface area contributed by atoms with Gasteiger partial charge in [0.2, 0.25) is 0 Å². The molecule has 4 aliphatic rings. The predicted octanol–water partition coefficient (Wildman–Crippen LogP) is 1.05. The van der Waals surface area contributed by atoms with Crippen LogP contribution in [-0.2, 0) is 14.3 Å². The topological polar surface area (TPSA) is 63.6 Å². The number of aliphatic hydroxyl groups is 1. The van der Waals surface area contributed by atoms with E-state index in [1.54, 1.807) is 0 Å². The lowest BCUT2D eigenvalue weighted by molar-refractivity contribution is -0.144. The van der Waals surface area contributed by atoms with Crippen LogP contribution in [0.15, 0.2) is 0 Å². The van der Waals surface area contributed by atoms with Gasteiger partial charge in [0.25, 0.3) is 10.1 Å². The van der Waals surface area contributed by atoms with Gasteiger partial charge in [0.15, 0.2) is 0 Å². The van der Waals surface area contributed by atoms with Crippen molar-refractivity contribution in [1.82, 2.24) is 0 Å². The Bertz CT molecular complexity index is 418. The molecule has 1 N–H and O–H groups in total. The second-order valence-electron chi connectivity index (χ2n) is 5.86. The second kappa shape index (κ2) is 3.00. The number of hydrogen-bond acceptors (Lipinski definition) is 4. The molecule has 4 fully saturated rings. The molecule has 4 saturated carbocycles. The molecule has 0 spiro atoms. The Kier molecular flexibility index (Phi) is 2.06. The van der Waals surface area contributed by atoms with Gasteiger partial charge in [0.1, 0.15) is 0 Å². The SMILES string of the molecule is CS(=O)(=O)O[C@]12CC[C@]3(O)C[C@@H](CC[C@@H]31)C2. The van der Waals surface area contributed by atoms with Crippen LogP contribution in [0.2, 0.25) is 0 Å². The number of rotatable bonds is 2. The Morgan fingerprint density at radius 2 is 2.00 bits per heavy atom. The highest BCUT2D eigenvalue weighted by molar-refractivity contribution is 7.86. The summed E-state index contributed by atoms with van der Waals surface area (Å²) < 4.78 is 28.1. The second-order valence-corrected chi connectivity index (χ2v) is 7.43. The van der Waals surface area contributed by atoms with E-state index in [4.69, 9.17) is 4.18 Å². The molecule has 0 aromatic rings. The summed E-state index contributed by atoms with van der Waals surface area (Å²) >= 11 is 0. The summed E-state index contributed by atoms with van der Waals surface area (Å²) in [5.41, 5.74) is -1.23. The van der Waals surface area contributed by atoms with Gasteiger partial charge in [-0.1, -0.05) is 0 Å².